The Hall–Kier alpha value is -2.07. The molecule has 4 nitrogen and oxygen atoms in total. The highest BCUT2D eigenvalue weighted by Crippen LogP contribution is 2.10. The summed E-state index contributed by atoms with van der Waals surface area (Å²) in [5.41, 5.74) is 1.12. The minimum atomic E-state index is -0.292. The number of nitrogens with one attached hydrogen (secondary N) is 2. The smallest absolute Gasteiger partial charge is 0.267 e. The summed E-state index contributed by atoms with van der Waals surface area (Å²) in [5, 5.41) is 3.42. The Morgan fingerprint density at radius 3 is 2.84 bits per heavy atom. The van der Waals surface area contributed by atoms with E-state index >= 15 is 0 Å². The number of aromatic amines is 1. The van der Waals surface area contributed by atoms with E-state index in [2.05, 4.69) is 10.3 Å². The molecule has 5 heteroatoms. The molecule has 98 valence electrons. The Balaban J connectivity index is 1.89. The van der Waals surface area contributed by atoms with E-state index in [1.807, 2.05) is 18.2 Å². The van der Waals surface area contributed by atoms with Crippen LogP contribution in [0.5, 0.6) is 0 Å². The molecular weight excluding hydrogens is 264 g/mol. The molecule has 0 aliphatic rings. The van der Waals surface area contributed by atoms with E-state index in [1.54, 1.807) is 6.07 Å². The fourth-order valence-electron chi connectivity index (χ4n) is 1.68. The molecule has 2 rings (SSSR count). The van der Waals surface area contributed by atoms with Gasteiger partial charge in [0.1, 0.15) is 5.69 Å². The van der Waals surface area contributed by atoms with E-state index < -0.39 is 0 Å². The third-order valence-electron chi connectivity index (χ3n) is 2.61. The van der Waals surface area contributed by atoms with Crippen LogP contribution in [0.3, 0.4) is 0 Å². The van der Waals surface area contributed by atoms with Crippen LogP contribution < -0.4 is 10.7 Å². The van der Waals surface area contributed by atoms with Crippen LogP contribution in [0.15, 0.2) is 47.4 Å². The largest absolute Gasteiger partial charge is 0.357 e. The molecule has 1 heterocycles. The second-order valence-corrected chi connectivity index (χ2v) is 4.51. The standard InChI is InChI=1S/C14H13ClN2O2/c15-11-3-1-2-10(8-11)4-6-17-14(19)13-9-12(18)5-7-16-13/h1-3,5,7-9H,4,6H2,(H,16,18)(H,17,19). The summed E-state index contributed by atoms with van der Waals surface area (Å²) in [4.78, 5) is 25.6. The Kier molecular flexibility index (Phi) is 4.36. The maximum atomic E-state index is 11.7. The summed E-state index contributed by atoms with van der Waals surface area (Å²) in [6.45, 7) is 0.482. The number of hydrogen-bond acceptors (Lipinski definition) is 2. The van der Waals surface area contributed by atoms with E-state index in [9.17, 15) is 9.59 Å². The fraction of sp³-hybridized carbons (Fsp3) is 0.143. The average Bonchev–Trinajstić information content (AvgIpc) is 2.38. The number of hydrogen-bond donors (Lipinski definition) is 2. The number of benzene rings is 1. The Labute approximate surface area is 115 Å². The first-order valence-corrected chi connectivity index (χ1v) is 6.24. The third kappa shape index (κ3) is 3.96. The van der Waals surface area contributed by atoms with E-state index in [0.717, 1.165) is 5.56 Å². The normalized spacial score (nSPS) is 10.2. The molecule has 0 aliphatic heterocycles. The first-order chi connectivity index (χ1) is 9.15. The molecule has 2 aromatic rings. The van der Waals surface area contributed by atoms with Crippen LogP contribution in [0.25, 0.3) is 0 Å². The van der Waals surface area contributed by atoms with E-state index in [-0.39, 0.29) is 17.0 Å². The molecule has 1 aromatic heterocycles. The second-order valence-electron chi connectivity index (χ2n) is 4.07. The van der Waals surface area contributed by atoms with E-state index in [1.165, 1.54) is 18.3 Å². The van der Waals surface area contributed by atoms with Gasteiger partial charge in [-0.05, 0) is 24.1 Å². The highest BCUT2D eigenvalue weighted by Gasteiger charge is 2.05. The van der Waals surface area contributed by atoms with Crippen LogP contribution >= 0.6 is 11.6 Å². The maximum Gasteiger partial charge on any atom is 0.267 e. The molecule has 19 heavy (non-hydrogen) atoms. The maximum absolute atomic E-state index is 11.7. The molecule has 1 aromatic carbocycles. The van der Waals surface area contributed by atoms with Crippen molar-refractivity contribution < 1.29 is 4.79 Å². The van der Waals surface area contributed by atoms with Crippen molar-refractivity contribution in [3.8, 4) is 0 Å². The summed E-state index contributed by atoms with van der Waals surface area (Å²) in [6, 6.07) is 10.1. The van der Waals surface area contributed by atoms with Gasteiger partial charge in [0.15, 0.2) is 5.43 Å². The van der Waals surface area contributed by atoms with E-state index in [4.69, 9.17) is 11.6 Å². The third-order valence-corrected chi connectivity index (χ3v) is 2.84. The molecule has 0 unspecified atom stereocenters. The Bertz CT molecular complexity index is 637. The van der Waals surface area contributed by atoms with Gasteiger partial charge in [0, 0.05) is 29.9 Å². The number of carbonyl (C=O) groups excluding carboxylic acids is 1. The SMILES string of the molecule is O=C(NCCc1cccc(Cl)c1)c1cc(=O)cc[nH]1. The van der Waals surface area contributed by atoms with Gasteiger partial charge in [-0.25, -0.2) is 0 Å². The lowest BCUT2D eigenvalue weighted by atomic mass is 10.1. The zero-order valence-electron chi connectivity index (χ0n) is 10.2. The number of carbonyl (C=O) groups is 1. The van der Waals surface area contributed by atoms with Crippen molar-refractivity contribution in [1.29, 1.82) is 0 Å². The molecule has 0 fully saturated rings. The van der Waals surface area contributed by atoms with Crippen molar-refractivity contribution in [2.75, 3.05) is 6.54 Å². The van der Waals surface area contributed by atoms with Gasteiger partial charge >= 0.3 is 0 Å². The Morgan fingerprint density at radius 2 is 2.11 bits per heavy atom. The van der Waals surface area contributed by atoms with Gasteiger partial charge in [-0.15, -0.1) is 0 Å². The quantitative estimate of drug-likeness (QED) is 0.897. The van der Waals surface area contributed by atoms with Crippen molar-refractivity contribution in [3.63, 3.8) is 0 Å². The van der Waals surface area contributed by atoms with Crippen LogP contribution in [-0.4, -0.2) is 17.4 Å². The van der Waals surface area contributed by atoms with Crippen LogP contribution in [0, 0.1) is 0 Å². The van der Waals surface area contributed by atoms with Crippen LogP contribution in [-0.2, 0) is 6.42 Å². The molecule has 0 atom stereocenters. The summed E-state index contributed by atoms with van der Waals surface area (Å²) in [7, 11) is 0. The van der Waals surface area contributed by atoms with Crippen LogP contribution in [0.1, 0.15) is 16.1 Å². The lowest BCUT2D eigenvalue weighted by Gasteiger charge is -2.05. The van der Waals surface area contributed by atoms with Gasteiger partial charge in [-0.3, -0.25) is 9.59 Å². The van der Waals surface area contributed by atoms with Gasteiger partial charge in [0.25, 0.3) is 5.91 Å². The van der Waals surface area contributed by atoms with Crippen molar-refractivity contribution in [2.45, 2.75) is 6.42 Å². The molecule has 0 radical (unpaired) electrons. The lowest BCUT2D eigenvalue weighted by molar-refractivity contribution is 0.0949. The molecule has 1 amide bonds. The number of H-pyrrole nitrogens is 1. The molecule has 0 aliphatic carbocycles. The minimum Gasteiger partial charge on any atom is -0.357 e. The van der Waals surface area contributed by atoms with Crippen LogP contribution in [0.4, 0.5) is 0 Å². The van der Waals surface area contributed by atoms with Gasteiger partial charge in [-0.2, -0.15) is 0 Å². The first-order valence-electron chi connectivity index (χ1n) is 5.86. The van der Waals surface area contributed by atoms with Crippen molar-refractivity contribution in [1.82, 2.24) is 10.3 Å². The highest BCUT2D eigenvalue weighted by molar-refractivity contribution is 6.30. The van der Waals surface area contributed by atoms with Crippen molar-refractivity contribution in [2.24, 2.45) is 0 Å². The number of aromatic nitrogens is 1. The van der Waals surface area contributed by atoms with Gasteiger partial charge in [-0.1, -0.05) is 23.7 Å². The molecule has 0 spiro atoms. The topological polar surface area (TPSA) is 62.0 Å². The van der Waals surface area contributed by atoms with Gasteiger partial charge in [0.05, 0.1) is 0 Å². The number of amides is 1. The van der Waals surface area contributed by atoms with Gasteiger partial charge in [0.2, 0.25) is 0 Å². The molecular formula is C14H13ClN2O2. The molecule has 0 saturated carbocycles. The number of pyridine rings is 1. The molecule has 2 N–H and O–H groups in total. The first kappa shape index (κ1) is 13.4. The molecule has 0 saturated heterocycles. The monoisotopic (exact) mass is 276 g/mol. The summed E-state index contributed by atoms with van der Waals surface area (Å²) in [6.07, 6.45) is 2.14. The number of halogens is 1. The summed E-state index contributed by atoms with van der Waals surface area (Å²) >= 11 is 5.87. The Morgan fingerprint density at radius 1 is 1.26 bits per heavy atom. The number of rotatable bonds is 4. The molecule has 0 bridgehead atoms. The van der Waals surface area contributed by atoms with Crippen LogP contribution in [0.2, 0.25) is 5.02 Å². The van der Waals surface area contributed by atoms with Crippen molar-refractivity contribution in [3.05, 3.63) is 69.1 Å². The predicted molar refractivity (Wildman–Crippen MR) is 74.6 cm³/mol. The average molecular weight is 277 g/mol. The minimum absolute atomic E-state index is 0.196. The zero-order chi connectivity index (χ0) is 13.7. The zero-order valence-corrected chi connectivity index (χ0v) is 10.9. The van der Waals surface area contributed by atoms with Crippen molar-refractivity contribution >= 4 is 17.5 Å². The predicted octanol–water partition coefficient (Wildman–Crippen LogP) is 2.00. The second kappa shape index (κ2) is 6.20. The fourth-order valence-corrected chi connectivity index (χ4v) is 1.90. The summed E-state index contributed by atoms with van der Waals surface area (Å²) < 4.78 is 0. The van der Waals surface area contributed by atoms with E-state index in [0.29, 0.717) is 18.0 Å². The van der Waals surface area contributed by atoms with Gasteiger partial charge < -0.3 is 10.3 Å². The lowest BCUT2D eigenvalue weighted by Crippen LogP contribution is -2.27. The highest BCUT2D eigenvalue weighted by atomic mass is 35.5. The summed E-state index contributed by atoms with van der Waals surface area (Å²) in [5.74, 6) is -0.292.